The summed E-state index contributed by atoms with van der Waals surface area (Å²) in [6.45, 7) is 2.44. The molecule has 8 heteroatoms. The molecule has 0 amide bonds. The molecule has 2 N–H and O–H groups in total. The standard InChI is InChI=1S/C25H22N4O4/c1-2-31-23(30)13-17-5-3-4-6-21(17)33-14-16-11-18-9-10-32-25(18)19(12-16)24-20-7-8-22(26)29(20)28-15-27-24/h3-12,15H,2,13-14,26H2,1H3. The number of benzene rings is 2. The molecule has 0 aliphatic heterocycles. The summed E-state index contributed by atoms with van der Waals surface area (Å²) in [6.07, 6.45) is 3.28. The SMILES string of the molecule is CCOC(=O)Cc1ccccc1OCc1cc(-c2ncnn3c(N)ccc23)c2occc2c1. The number of hydrogen-bond donors (Lipinski definition) is 1. The van der Waals surface area contributed by atoms with E-state index in [1.54, 1.807) is 23.8 Å². The molecule has 5 aromatic rings. The lowest BCUT2D eigenvalue weighted by Crippen LogP contribution is -2.09. The van der Waals surface area contributed by atoms with E-state index in [9.17, 15) is 4.79 Å². The van der Waals surface area contributed by atoms with E-state index in [1.807, 2.05) is 48.5 Å². The van der Waals surface area contributed by atoms with Gasteiger partial charge in [0.15, 0.2) is 0 Å². The average molecular weight is 442 g/mol. The average Bonchev–Trinajstić information content (AvgIpc) is 3.45. The molecule has 8 nitrogen and oxygen atoms in total. The maximum Gasteiger partial charge on any atom is 0.310 e. The van der Waals surface area contributed by atoms with Gasteiger partial charge in [0.25, 0.3) is 0 Å². The summed E-state index contributed by atoms with van der Waals surface area (Å²) in [5.41, 5.74) is 10.8. The van der Waals surface area contributed by atoms with E-state index >= 15 is 0 Å². The molecule has 0 saturated carbocycles. The second kappa shape index (κ2) is 8.66. The number of hydrogen-bond acceptors (Lipinski definition) is 7. The molecular formula is C25H22N4O4. The van der Waals surface area contributed by atoms with E-state index in [-0.39, 0.29) is 12.4 Å². The molecule has 0 fully saturated rings. The maximum absolute atomic E-state index is 12.0. The van der Waals surface area contributed by atoms with Crippen molar-refractivity contribution in [3.8, 4) is 17.0 Å². The Labute approximate surface area is 189 Å². The van der Waals surface area contributed by atoms with Crippen molar-refractivity contribution in [2.75, 3.05) is 12.3 Å². The van der Waals surface area contributed by atoms with Crippen LogP contribution in [0.4, 0.5) is 5.82 Å². The van der Waals surface area contributed by atoms with Gasteiger partial charge in [-0.05, 0) is 48.9 Å². The fourth-order valence-electron chi connectivity index (χ4n) is 3.88. The number of nitrogens with two attached hydrogens (primary N) is 1. The first kappa shape index (κ1) is 20.6. The molecule has 3 heterocycles. The second-order valence-corrected chi connectivity index (χ2v) is 7.52. The highest BCUT2D eigenvalue weighted by atomic mass is 16.5. The van der Waals surface area contributed by atoms with Crippen LogP contribution in [0.15, 0.2) is 71.6 Å². The van der Waals surface area contributed by atoms with Gasteiger partial charge in [0.1, 0.15) is 35.8 Å². The van der Waals surface area contributed by atoms with Gasteiger partial charge in [-0.2, -0.15) is 5.10 Å². The maximum atomic E-state index is 12.0. The molecule has 166 valence electrons. The van der Waals surface area contributed by atoms with Crippen LogP contribution in [0.25, 0.3) is 27.7 Å². The number of para-hydroxylation sites is 1. The van der Waals surface area contributed by atoms with Gasteiger partial charge in [0.2, 0.25) is 0 Å². The molecule has 0 saturated heterocycles. The highest BCUT2D eigenvalue weighted by Gasteiger charge is 2.16. The molecule has 5 rings (SSSR count). The van der Waals surface area contributed by atoms with Crippen LogP contribution in [0.1, 0.15) is 18.1 Å². The number of fused-ring (bicyclic) bond motifs is 2. The van der Waals surface area contributed by atoms with Gasteiger partial charge in [-0.3, -0.25) is 4.79 Å². The smallest absolute Gasteiger partial charge is 0.310 e. The van der Waals surface area contributed by atoms with Crippen LogP contribution in [0.2, 0.25) is 0 Å². The first-order valence-corrected chi connectivity index (χ1v) is 10.6. The fraction of sp³-hybridized carbons (Fsp3) is 0.160. The summed E-state index contributed by atoms with van der Waals surface area (Å²) in [6, 6.07) is 17.1. The first-order valence-electron chi connectivity index (χ1n) is 10.6. The van der Waals surface area contributed by atoms with Crippen LogP contribution in [-0.4, -0.2) is 27.2 Å². The van der Waals surface area contributed by atoms with Crippen LogP contribution >= 0.6 is 0 Å². The van der Waals surface area contributed by atoms with E-state index < -0.39 is 0 Å². The zero-order chi connectivity index (χ0) is 22.8. The summed E-state index contributed by atoms with van der Waals surface area (Å²) < 4.78 is 18.6. The largest absolute Gasteiger partial charge is 0.489 e. The molecular weight excluding hydrogens is 420 g/mol. The Morgan fingerprint density at radius 3 is 2.91 bits per heavy atom. The molecule has 0 aliphatic carbocycles. The predicted molar refractivity (Wildman–Crippen MR) is 124 cm³/mol. The van der Waals surface area contributed by atoms with Crippen LogP contribution in [-0.2, 0) is 22.6 Å². The lowest BCUT2D eigenvalue weighted by molar-refractivity contribution is -0.142. The Kier molecular flexibility index (Phi) is 5.40. The van der Waals surface area contributed by atoms with Gasteiger partial charge in [-0.15, -0.1) is 0 Å². The van der Waals surface area contributed by atoms with Crippen LogP contribution in [0.3, 0.4) is 0 Å². The van der Waals surface area contributed by atoms with Gasteiger partial charge < -0.3 is 19.6 Å². The number of rotatable bonds is 7. The van der Waals surface area contributed by atoms with Crippen LogP contribution < -0.4 is 10.5 Å². The zero-order valence-corrected chi connectivity index (χ0v) is 18.0. The number of furan rings is 1. The van der Waals surface area contributed by atoms with Gasteiger partial charge in [-0.25, -0.2) is 9.50 Å². The Balaban J connectivity index is 1.49. The van der Waals surface area contributed by atoms with Gasteiger partial charge in [0, 0.05) is 16.5 Å². The summed E-state index contributed by atoms with van der Waals surface area (Å²) in [4.78, 5) is 16.5. The summed E-state index contributed by atoms with van der Waals surface area (Å²) in [5.74, 6) is 0.889. The minimum absolute atomic E-state index is 0.157. The Morgan fingerprint density at radius 1 is 1.15 bits per heavy atom. The minimum Gasteiger partial charge on any atom is -0.489 e. The molecule has 33 heavy (non-hydrogen) atoms. The van der Waals surface area contributed by atoms with E-state index in [2.05, 4.69) is 10.1 Å². The summed E-state index contributed by atoms with van der Waals surface area (Å²) in [7, 11) is 0. The van der Waals surface area contributed by atoms with Crippen molar-refractivity contribution in [1.82, 2.24) is 14.6 Å². The quantitative estimate of drug-likeness (QED) is 0.372. The van der Waals surface area contributed by atoms with E-state index in [1.165, 1.54) is 6.33 Å². The van der Waals surface area contributed by atoms with Crippen LogP contribution in [0.5, 0.6) is 5.75 Å². The highest BCUT2D eigenvalue weighted by molar-refractivity contribution is 5.96. The third-order valence-corrected chi connectivity index (χ3v) is 5.35. The number of carbonyl (C=O) groups is 1. The van der Waals surface area contributed by atoms with Crippen molar-refractivity contribution in [3.05, 3.63) is 78.3 Å². The van der Waals surface area contributed by atoms with Crippen molar-refractivity contribution in [2.24, 2.45) is 0 Å². The second-order valence-electron chi connectivity index (χ2n) is 7.52. The Morgan fingerprint density at radius 2 is 2.03 bits per heavy atom. The topological polar surface area (TPSA) is 105 Å². The molecule has 3 aromatic heterocycles. The number of nitrogen functional groups attached to an aromatic ring is 1. The van der Waals surface area contributed by atoms with Crippen molar-refractivity contribution >= 4 is 28.3 Å². The number of esters is 1. The lowest BCUT2D eigenvalue weighted by Gasteiger charge is -2.12. The number of ether oxygens (including phenoxy) is 2. The van der Waals surface area contributed by atoms with Gasteiger partial charge in [-0.1, -0.05) is 18.2 Å². The minimum atomic E-state index is -0.282. The van der Waals surface area contributed by atoms with E-state index in [0.717, 1.165) is 33.2 Å². The molecule has 0 spiro atoms. The third kappa shape index (κ3) is 3.98. The van der Waals surface area contributed by atoms with Crippen molar-refractivity contribution in [2.45, 2.75) is 20.0 Å². The van der Waals surface area contributed by atoms with Crippen LogP contribution in [0, 0.1) is 0 Å². The number of nitrogens with zero attached hydrogens (tertiary/aromatic N) is 3. The molecule has 0 radical (unpaired) electrons. The Bertz CT molecular complexity index is 1450. The summed E-state index contributed by atoms with van der Waals surface area (Å²) >= 11 is 0. The number of aromatic nitrogens is 3. The predicted octanol–water partition coefficient (Wildman–Crippen LogP) is 4.41. The summed E-state index contributed by atoms with van der Waals surface area (Å²) in [5, 5.41) is 5.16. The number of carbonyl (C=O) groups excluding carboxylic acids is 1. The monoisotopic (exact) mass is 442 g/mol. The van der Waals surface area contributed by atoms with E-state index in [4.69, 9.17) is 19.6 Å². The zero-order valence-electron chi connectivity index (χ0n) is 18.0. The molecule has 0 atom stereocenters. The van der Waals surface area contributed by atoms with Gasteiger partial charge in [0.05, 0.1) is 24.8 Å². The first-order chi connectivity index (χ1) is 16.1. The highest BCUT2D eigenvalue weighted by Crippen LogP contribution is 2.33. The normalized spacial score (nSPS) is 11.2. The van der Waals surface area contributed by atoms with Crippen molar-refractivity contribution in [3.63, 3.8) is 0 Å². The van der Waals surface area contributed by atoms with Crippen molar-refractivity contribution < 1.29 is 18.7 Å². The molecule has 0 unspecified atom stereocenters. The fourth-order valence-corrected chi connectivity index (χ4v) is 3.88. The molecule has 2 aromatic carbocycles. The van der Waals surface area contributed by atoms with Crippen molar-refractivity contribution in [1.29, 1.82) is 0 Å². The van der Waals surface area contributed by atoms with Gasteiger partial charge >= 0.3 is 5.97 Å². The molecule has 0 bridgehead atoms. The Hall–Kier alpha value is -4.33. The van der Waals surface area contributed by atoms with E-state index in [0.29, 0.717) is 30.5 Å². The number of anilines is 1. The molecule has 0 aliphatic rings. The third-order valence-electron chi connectivity index (χ3n) is 5.35. The lowest BCUT2D eigenvalue weighted by atomic mass is 10.0.